The van der Waals surface area contributed by atoms with Gasteiger partial charge in [-0.1, -0.05) is 5.16 Å². The van der Waals surface area contributed by atoms with E-state index in [2.05, 4.69) is 15.0 Å². The lowest BCUT2D eigenvalue weighted by Crippen LogP contribution is -1.74. The van der Waals surface area contributed by atoms with Crippen molar-refractivity contribution in [1.82, 2.24) is 4.98 Å². The molecule has 0 aliphatic rings. The fourth-order valence-corrected chi connectivity index (χ4v) is 0.531. The molecule has 0 amide bonds. The SMILES string of the molecule is CON=Cc1cc[nH]c1. The fourth-order valence-electron chi connectivity index (χ4n) is 0.531. The topological polar surface area (TPSA) is 37.4 Å². The molecule has 0 fully saturated rings. The predicted molar refractivity (Wildman–Crippen MR) is 35.4 cm³/mol. The summed E-state index contributed by atoms with van der Waals surface area (Å²) in [6, 6.07) is 1.91. The first-order valence-corrected chi connectivity index (χ1v) is 2.63. The van der Waals surface area contributed by atoms with E-state index in [1.54, 1.807) is 6.21 Å². The van der Waals surface area contributed by atoms with Crippen LogP contribution in [-0.2, 0) is 4.84 Å². The Morgan fingerprint density at radius 3 is 3.22 bits per heavy atom. The quantitative estimate of drug-likeness (QED) is 0.463. The molecular formula is C6H8N2O. The molecule has 0 saturated heterocycles. The van der Waals surface area contributed by atoms with Crippen LogP contribution in [0.3, 0.4) is 0 Å². The highest BCUT2D eigenvalue weighted by Crippen LogP contribution is 1.90. The Morgan fingerprint density at radius 1 is 1.78 bits per heavy atom. The van der Waals surface area contributed by atoms with Gasteiger partial charge in [-0.3, -0.25) is 0 Å². The van der Waals surface area contributed by atoms with E-state index in [-0.39, 0.29) is 0 Å². The van der Waals surface area contributed by atoms with Crippen LogP contribution in [-0.4, -0.2) is 18.3 Å². The normalized spacial score (nSPS) is 10.3. The van der Waals surface area contributed by atoms with Crippen LogP contribution in [0.15, 0.2) is 23.6 Å². The van der Waals surface area contributed by atoms with Gasteiger partial charge in [0.15, 0.2) is 0 Å². The van der Waals surface area contributed by atoms with Crippen LogP contribution in [0.1, 0.15) is 5.56 Å². The minimum Gasteiger partial charge on any atom is -0.399 e. The Bertz CT molecular complexity index is 179. The number of rotatable bonds is 2. The van der Waals surface area contributed by atoms with E-state index in [0.717, 1.165) is 5.56 Å². The van der Waals surface area contributed by atoms with Crippen LogP contribution in [0, 0.1) is 0 Å². The standard InChI is InChI=1S/C6H8N2O/c1-9-8-5-6-2-3-7-4-6/h2-5,7H,1H3. The summed E-state index contributed by atoms with van der Waals surface area (Å²) >= 11 is 0. The molecule has 0 saturated carbocycles. The number of nitrogens with zero attached hydrogens (tertiary/aromatic N) is 1. The lowest BCUT2D eigenvalue weighted by molar-refractivity contribution is 0.215. The third kappa shape index (κ3) is 1.60. The second-order valence-electron chi connectivity index (χ2n) is 1.56. The van der Waals surface area contributed by atoms with Crippen molar-refractivity contribution >= 4 is 6.21 Å². The first-order valence-electron chi connectivity index (χ1n) is 2.63. The second kappa shape index (κ2) is 2.91. The first kappa shape index (κ1) is 5.88. The van der Waals surface area contributed by atoms with E-state index in [0.29, 0.717) is 0 Å². The molecule has 1 rings (SSSR count). The van der Waals surface area contributed by atoms with Gasteiger partial charge in [-0.15, -0.1) is 0 Å². The molecule has 9 heavy (non-hydrogen) atoms. The van der Waals surface area contributed by atoms with Crippen molar-refractivity contribution in [2.24, 2.45) is 5.16 Å². The van der Waals surface area contributed by atoms with Gasteiger partial charge in [0.1, 0.15) is 7.11 Å². The summed E-state index contributed by atoms with van der Waals surface area (Å²) in [4.78, 5) is 7.36. The third-order valence-electron chi connectivity index (χ3n) is 0.929. The van der Waals surface area contributed by atoms with E-state index in [4.69, 9.17) is 0 Å². The summed E-state index contributed by atoms with van der Waals surface area (Å²) in [7, 11) is 1.52. The summed E-state index contributed by atoms with van der Waals surface area (Å²) in [6.07, 6.45) is 5.30. The molecule has 1 aromatic heterocycles. The third-order valence-corrected chi connectivity index (χ3v) is 0.929. The molecule has 1 aromatic rings. The average Bonchev–Trinajstić information content (AvgIpc) is 2.34. The number of hydrogen-bond acceptors (Lipinski definition) is 2. The average molecular weight is 124 g/mol. The molecule has 1 N–H and O–H groups in total. The van der Waals surface area contributed by atoms with E-state index in [1.807, 2.05) is 18.5 Å². The van der Waals surface area contributed by atoms with Gasteiger partial charge in [0.2, 0.25) is 0 Å². The van der Waals surface area contributed by atoms with Gasteiger partial charge in [-0.05, 0) is 6.07 Å². The molecule has 0 aliphatic carbocycles. The summed E-state index contributed by atoms with van der Waals surface area (Å²) in [5, 5.41) is 3.57. The van der Waals surface area contributed by atoms with Crippen molar-refractivity contribution in [3.63, 3.8) is 0 Å². The van der Waals surface area contributed by atoms with E-state index < -0.39 is 0 Å². The van der Waals surface area contributed by atoms with Gasteiger partial charge in [0.25, 0.3) is 0 Å². The van der Waals surface area contributed by atoms with E-state index in [9.17, 15) is 0 Å². The number of aromatic amines is 1. The molecule has 0 radical (unpaired) electrons. The first-order chi connectivity index (χ1) is 4.43. The lowest BCUT2D eigenvalue weighted by atomic mass is 10.4. The Balaban J connectivity index is 2.57. The van der Waals surface area contributed by atoms with Crippen molar-refractivity contribution < 1.29 is 4.84 Å². The smallest absolute Gasteiger partial charge is 0.106 e. The number of aromatic nitrogens is 1. The van der Waals surface area contributed by atoms with Gasteiger partial charge >= 0.3 is 0 Å². The van der Waals surface area contributed by atoms with Crippen LogP contribution in [0.4, 0.5) is 0 Å². The van der Waals surface area contributed by atoms with Crippen LogP contribution in [0.2, 0.25) is 0 Å². The largest absolute Gasteiger partial charge is 0.399 e. The molecule has 0 aliphatic heterocycles. The molecular weight excluding hydrogens is 116 g/mol. The molecule has 48 valence electrons. The van der Waals surface area contributed by atoms with Crippen molar-refractivity contribution in [3.8, 4) is 0 Å². The summed E-state index contributed by atoms with van der Waals surface area (Å²) < 4.78 is 0. The molecule has 3 nitrogen and oxygen atoms in total. The number of nitrogens with one attached hydrogen (secondary N) is 1. The van der Waals surface area contributed by atoms with Gasteiger partial charge < -0.3 is 9.82 Å². The van der Waals surface area contributed by atoms with E-state index in [1.165, 1.54) is 7.11 Å². The maximum Gasteiger partial charge on any atom is 0.106 e. The highest BCUT2D eigenvalue weighted by molar-refractivity contribution is 5.78. The van der Waals surface area contributed by atoms with Crippen molar-refractivity contribution in [2.75, 3.05) is 7.11 Å². The minimum atomic E-state index is 1.01. The Hall–Kier alpha value is -1.25. The Morgan fingerprint density at radius 2 is 2.67 bits per heavy atom. The summed E-state index contributed by atoms with van der Waals surface area (Å²) in [5.41, 5.74) is 1.01. The molecule has 0 bridgehead atoms. The van der Waals surface area contributed by atoms with Crippen LogP contribution in [0.25, 0.3) is 0 Å². The zero-order valence-corrected chi connectivity index (χ0v) is 5.16. The van der Waals surface area contributed by atoms with Gasteiger partial charge in [0, 0.05) is 18.0 Å². The molecule has 0 atom stereocenters. The lowest BCUT2D eigenvalue weighted by Gasteiger charge is -1.81. The Labute approximate surface area is 53.3 Å². The fraction of sp³-hybridized carbons (Fsp3) is 0.167. The summed E-state index contributed by atoms with van der Waals surface area (Å²) in [5.74, 6) is 0. The number of oxime groups is 1. The molecule has 0 unspecified atom stereocenters. The zero-order chi connectivity index (χ0) is 6.53. The highest BCUT2D eigenvalue weighted by atomic mass is 16.6. The molecule has 0 spiro atoms. The van der Waals surface area contributed by atoms with Gasteiger partial charge in [-0.2, -0.15) is 0 Å². The summed E-state index contributed by atoms with van der Waals surface area (Å²) in [6.45, 7) is 0. The number of H-pyrrole nitrogens is 1. The van der Waals surface area contributed by atoms with E-state index >= 15 is 0 Å². The van der Waals surface area contributed by atoms with Gasteiger partial charge in [-0.25, -0.2) is 0 Å². The molecule has 3 heteroatoms. The maximum absolute atomic E-state index is 4.47. The van der Waals surface area contributed by atoms with Crippen molar-refractivity contribution in [2.45, 2.75) is 0 Å². The second-order valence-corrected chi connectivity index (χ2v) is 1.56. The van der Waals surface area contributed by atoms with Crippen LogP contribution >= 0.6 is 0 Å². The van der Waals surface area contributed by atoms with Crippen LogP contribution < -0.4 is 0 Å². The van der Waals surface area contributed by atoms with Crippen molar-refractivity contribution in [1.29, 1.82) is 0 Å². The van der Waals surface area contributed by atoms with Crippen molar-refractivity contribution in [3.05, 3.63) is 24.0 Å². The Kier molecular flexibility index (Phi) is 1.90. The monoisotopic (exact) mass is 124 g/mol. The van der Waals surface area contributed by atoms with Crippen LogP contribution in [0.5, 0.6) is 0 Å². The molecule has 0 aromatic carbocycles. The minimum absolute atomic E-state index is 1.01. The molecule has 1 heterocycles. The number of hydrogen-bond donors (Lipinski definition) is 1. The van der Waals surface area contributed by atoms with Gasteiger partial charge in [0.05, 0.1) is 6.21 Å². The predicted octanol–water partition coefficient (Wildman–Crippen LogP) is 0.995. The zero-order valence-electron chi connectivity index (χ0n) is 5.16. The maximum atomic E-state index is 4.47. The highest BCUT2D eigenvalue weighted by Gasteiger charge is 1.82.